The zero-order chi connectivity index (χ0) is 23.3. The third-order valence-electron chi connectivity index (χ3n) is 6.52. The molecule has 170 valence electrons. The quantitative estimate of drug-likeness (QED) is 0.626. The van der Waals surface area contributed by atoms with Crippen molar-refractivity contribution in [1.82, 2.24) is 15.2 Å². The molecular weight excluding hydrogens is 414 g/mol. The van der Waals surface area contributed by atoms with Gasteiger partial charge in [0.25, 0.3) is 5.91 Å². The highest BCUT2D eigenvalue weighted by molar-refractivity contribution is 5.97. The number of hydrogen-bond donors (Lipinski definition) is 1. The Morgan fingerprint density at radius 3 is 2.48 bits per heavy atom. The molecule has 1 N–H and O–H groups in total. The zero-order valence-electron chi connectivity index (χ0n) is 19.1. The number of carbonyl (C=O) groups is 2. The van der Waals surface area contributed by atoms with E-state index in [1.165, 1.54) is 0 Å². The molecule has 1 fully saturated rings. The van der Waals surface area contributed by atoms with Gasteiger partial charge >= 0.3 is 0 Å². The number of aromatic nitrogens is 1. The van der Waals surface area contributed by atoms with Crippen LogP contribution in [0.15, 0.2) is 73.1 Å². The lowest BCUT2D eigenvalue weighted by Gasteiger charge is -2.40. The van der Waals surface area contributed by atoms with Gasteiger partial charge in [0.05, 0.1) is 18.1 Å². The average Bonchev–Trinajstić information content (AvgIpc) is 2.88. The highest BCUT2D eigenvalue weighted by Gasteiger charge is 2.42. The number of nitrogens with zero attached hydrogens (tertiary/aromatic N) is 2. The van der Waals surface area contributed by atoms with E-state index in [1.807, 2.05) is 41.4 Å². The molecule has 0 unspecified atom stereocenters. The summed E-state index contributed by atoms with van der Waals surface area (Å²) >= 11 is 0. The summed E-state index contributed by atoms with van der Waals surface area (Å²) in [7, 11) is 3.25. The fraction of sp³-hybridized carbons (Fsp3) is 0.296. The highest BCUT2D eigenvalue weighted by atomic mass is 16.5. The molecule has 0 atom stereocenters. The van der Waals surface area contributed by atoms with Gasteiger partial charge in [-0.3, -0.25) is 14.6 Å². The molecule has 0 radical (unpaired) electrons. The number of para-hydroxylation sites is 1. The van der Waals surface area contributed by atoms with Crippen LogP contribution in [0.25, 0.3) is 11.1 Å². The van der Waals surface area contributed by atoms with Crippen molar-refractivity contribution < 1.29 is 14.3 Å². The number of nitrogens with one attached hydrogen (secondary N) is 1. The average molecular weight is 444 g/mol. The molecule has 2 amide bonds. The molecule has 2 heterocycles. The molecule has 33 heavy (non-hydrogen) atoms. The van der Waals surface area contributed by atoms with Crippen LogP contribution in [0.2, 0.25) is 0 Å². The summed E-state index contributed by atoms with van der Waals surface area (Å²) < 4.78 is 5.36. The van der Waals surface area contributed by atoms with Crippen molar-refractivity contribution in [2.24, 2.45) is 5.41 Å². The first-order valence-electron chi connectivity index (χ1n) is 11.2. The van der Waals surface area contributed by atoms with Gasteiger partial charge in [-0.25, -0.2) is 0 Å². The van der Waals surface area contributed by atoms with Crippen molar-refractivity contribution in [3.63, 3.8) is 0 Å². The maximum absolute atomic E-state index is 13.1. The molecule has 3 aromatic rings. The first-order valence-corrected chi connectivity index (χ1v) is 11.2. The SMILES string of the molecule is CNC(=O)C1(Cc2cccc(-c3cccnc3)c2)CCN(C(=O)c2ccccc2OC)CC1. The molecule has 6 nitrogen and oxygen atoms in total. The summed E-state index contributed by atoms with van der Waals surface area (Å²) in [6.45, 7) is 1.04. The summed E-state index contributed by atoms with van der Waals surface area (Å²) in [5, 5.41) is 2.86. The van der Waals surface area contributed by atoms with Gasteiger partial charge in [-0.1, -0.05) is 42.5 Å². The standard InChI is InChI=1S/C27H29N3O3/c1-28-26(32)27(18-20-7-5-8-21(17-20)22-9-6-14-29-19-22)12-15-30(16-13-27)25(31)23-10-3-4-11-24(23)33-2/h3-11,14,17,19H,12-13,15-16,18H2,1-2H3,(H,28,32). The number of ether oxygens (including phenoxy) is 1. The third kappa shape index (κ3) is 4.75. The summed E-state index contributed by atoms with van der Waals surface area (Å²) in [5.74, 6) is 0.535. The highest BCUT2D eigenvalue weighted by Crippen LogP contribution is 2.37. The summed E-state index contributed by atoms with van der Waals surface area (Å²) in [4.78, 5) is 32.2. The molecule has 1 aliphatic rings. The largest absolute Gasteiger partial charge is 0.496 e. The van der Waals surface area contributed by atoms with E-state index in [9.17, 15) is 9.59 Å². The summed E-state index contributed by atoms with van der Waals surface area (Å²) in [6.07, 6.45) is 5.43. The maximum Gasteiger partial charge on any atom is 0.257 e. The van der Waals surface area contributed by atoms with Gasteiger partial charge in [-0.2, -0.15) is 0 Å². The van der Waals surface area contributed by atoms with Crippen molar-refractivity contribution >= 4 is 11.8 Å². The second-order valence-corrected chi connectivity index (χ2v) is 8.47. The summed E-state index contributed by atoms with van der Waals surface area (Å²) in [6, 6.07) is 19.5. The van der Waals surface area contributed by atoms with Crippen LogP contribution in [-0.4, -0.2) is 48.9 Å². The van der Waals surface area contributed by atoms with E-state index in [2.05, 4.69) is 28.5 Å². The second kappa shape index (κ2) is 9.86. The molecule has 6 heteroatoms. The van der Waals surface area contributed by atoms with E-state index in [0.717, 1.165) is 16.7 Å². The van der Waals surface area contributed by atoms with Gasteiger partial charge in [-0.15, -0.1) is 0 Å². The number of piperidine rings is 1. The topological polar surface area (TPSA) is 71.5 Å². The Morgan fingerprint density at radius 2 is 1.79 bits per heavy atom. The minimum atomic E-state index is -0.556. The Hall–Kier alpha value is -3.67. The first-order chi connectivity index (χ1) is 16.1. The van der Waals surface area contributed by atoms with Crippen LogP contribution in [0.3, 0.4) is 0 Å². The van der Waals surface area contributed by atoms with Crippen molar-refractivity contribution in [3.05, 3.63) is 84.2 Å². The number of pyridine rings is 1. The predicted molar refractivity (Wildman–Crippen MR) is 128 cm³/mol. The molecule has 0 saturated carbocycles. The van der Waals surface area contributed by atoms with Crippen LogP contribution < -0.4 is 10.1 Å². The number of methoxy groups -OCH3 is 1. The molecule has 1 aromatic heterocycles. The molecular formula is C27H29N3O3. The maximum atomic E-state index is 13.1. The Morgan fingerprint density at radius 1 is 1.03 bits per heavy atom. The minimum absolute atomic E-state index is 0.0265. The number of hydrogen-bond acceptors (Lipinski definition) is 4. The van der Waals surface area contributed by atoms with Crippen LogP contribution in [0.4, 0.5) is 0 Å². The van der Waals surface area contributed by atoms with Crippen LogP contribution in [0.1, 0.15) is 28.8 Å². The van der Waals surface area contributed by atoms with Gasteiger partial charge in [0.2, 0.25) is 5.91 Å². The molecule has 4 rings (SSSR count). The van der Waals surface area contributed by atoms with Gasteiger partial charge in [0, 0.05) is 32.5 Å². The number of amides is 2. The fourth-order valence-electron chi connectivity index (χ4n) is 4.66. The number of carbonyl (C=O) groups excluding carboxylic acids is 2. The van der Waals surface area contributed by atoms with Crippen molar-refractivity contribution in [1.29, 1.82) is 0 Å². The smallest absolute Gasteiger partial charge is 0.257 e. The van der Waals surface area contributed by atoms with E-state index < -0.39 is 5.41 Å². The molecule has 1 saturated heterocycles. The van der Waals surface area contributed by atoms with Crippen LogP contribution in [0, 0.1) is 5.41 Å². The van der Waals surface area contributed by atoms with Gasteiger partial charge in [0.1, 0.15) is 5.75 Å². The van der Waals surface area contributed by atoms with Crippen LogP contribution in [-0.2, 0) is 11.2 Å². The number of rotatable bonds is 6. The fourth-order valence-corrected chi connectivity index (χ4v) is 4.66. The van der Waals surface area contributed by atoms with Gasteiger partial charge < -0.3 is 15.0 Å². The molecule has 0 bridgehead atoms. The van der Waals surface area contributed by atoms with Gasteiger partial charge in [-0.05, 0) is 54.2 Å². The lowest BCUT2D eigenvalue weighted by Crippen LogP contribution is -2.50. The number of likely N-dealkylation sites (tertiary alicyclic amines) is 1. The van der Waals surface area contributed by atoms with Crippen molar-refractivity contribution in [2.45, 2.75) is 19.3 Å². The third-order valence-corrected chi connectivity index (χ3v) is 6.52. The Balaban J connectivity index is 1.53. The van der Waals surface area contributed by atoms with Crippen LogP contribution >= 0.6 is 0 Å². The van der Waals surface area contributed by atoms with E-state index in [1.54, 1.807) is 32.5 Å². The van der Waals surface area contributed by atoms with E-state index in [4.69, 9.17) is 4.74 Å². The van der Waals surface area contributed by atoms with E-state index in [-0.39, 0.29) is 11.8 Å². The zero-order valence-corrected chi connectivity index (χ0v) is 19.1. The van der Waals surface area contributed by atoms with Crippen molar-refractivity contribution in [2.75, 3.05) is 27.2 Å². The minimum Gasteiger partial charge on any atom is -0.496 e. The Labute approximate surface area is 194 Å². The number of benzene rings is 2. The predicted octanol–water partition coefficient (Wildman–Crippen LogP) is 3.97. The monoisotopic (exact) mass is 443 g/mol. The Kier molecular flexibility index (Phi) is 6.73. The van der Waals surface area contributed by atoms with Crippen molar-refractivity contribution in [3.8, 4) is 16.9 Å². The molecule has 0 spiro atoms. The molecule has 0 aliphatic carbocycles. The lowest BCUT2D eigenvalue weighted by molar-refractivity contribution is -0.133. The normalized spacial score (nSPS) is 15.0. The van der Waals surface area contributed by atoms with Gasteiger partial charge in [0.15, 0.2) is 0 Å². The molecule has 1 aliphatic heterocycles. The first kappa shape index (κ1) is 22.5. The second-order valence-electron chi connectivity index (χ2n) is 8.47. The lowest BCUT2D eigenvalue weighted by atomic mass is 9.72. The summed E-state index contributed by atoms with van der Waals surface area (Å²) in [5.41, 5.74) is 3.22. The van der Waals surface area contributed by atoms with E-state index >= 15 is 0 Å². The Bertz CT molecular complexity index is 1120. The van der Waals surface area contributed by atoms with Crippen LogP contribution in [0.5, 0.6) is 5.75 Å². The van der Waals surface area contributed by atoms with E-state index in [0.29, 0.717) is 43.7 Å². The molecule has 2 aromatic carbocycles.